The molecular formula is C15H20N6O2. The molecule has 8 heteroatoms. The van der Waals surface area contributed by atoms with Crippen LogP contribution in [-0.2, 0) is 11.3 Å². The predicted molar refractivity (Wildman–Crippen MR) is 84.3 cm³/mol. The highest BCUT2D eigenvalue weighted by atomic mass is 16.5. The van der Waals surface area contributed by atoms with Gasteiger partial charge < -0.3 is 14.5 Å². The van der Waals surface area contributed by atoms with Gasteiger partial charge in [0, 0.05) is 44.6 Å². The highest BCUT2D eigenvalue weighted by molar-refractivity contribution is 5.76. The number of ether oxygens (including phenoxy) is 1. The minimum atomic E-state index is 0.0878. The summed E-state index contributed by atoms with van der Waals surface area (Å²) in [5, 5.41) is 4.07. The Morgan fingerprint density at radius 2 is 2.04 bits per heavy atom. The maximum Gasteiger partial charge on any atom is 0.244 e. The van der Waals surface area contributed by atoms with E-state index >= 15 is 0 Å². The zero-order chi connectivity index (χ0) is 16.2. The molecule has 23 heavy (non-hydrogen) atoms. The molecule has 0 saturated carbocycles. The largest absolute Gasteiger partial charge is 0.481 e. The summed E-state index contributed by atoms with van der Waals surface area (Å²) in [5.74, 6) is 2.17. The standard InChI is InChI=1S/C15H20N6O2/c1-12-17-13(10-14(18-12)23-2)19-6-8-20(9-7-19)15(22)11-21-5-3-4-16-21/h3-5,10H,6-9,11H2,1-2H3. The summed E-state index contributed by atoms with van der Waals surface area (Å²) in [5.41, 5.74) is 0. The molecule has 1 saturated heterocycles. The van der Waals surface area contributed by atoms with Gasteiger partial charge >= 0.3 is 0 Å². The van der Waals surface area contributed by atoms with Crippen LogP contribution in [0.25, 0.3) is 0 Å². The van der Waals surface area contributed by atoms with Crippen LogP contribution in [0.2, 0.25) is 0 Å². The summed E-state index contributed by atoms with van der Waals surface area (Å²) in [6, 6.07) is 3.64. The first-order valence-electron chi connectivity index (χ1n) is 7.55. The summed E-state index contributed by atoms with van der Waals surface area (Å²) in [7, 11) is 1.59. The van der Waals surface area contributed by atoms with Gasteiger partial charge in [-0.25, -0.2) is 4.98 Å². The van der Waals surface area contributed by atoms with Gasteiger partial charge in [-0.3, -0.25) is 9.48 Å². The molecule has 122 valence electrons. The summed E-state index contributed by atoms with van der Waals surface area (Å²) in [6.07, 6.45) is 3.47. The lowest BCUT2D eigenvalue weighted by molar-refractivity contribution is -0.132. The molecule has 0 aromatic carbocycles. The summed E-state index contributed by atoms with van der Waals surface area (Å²) >= 11 is 0. The first kappa shape index (κ1) is 15.3. The van der Waals surface area contributed by atoms with E-state index in [1.165, 1.54) is 0 Å². The van der Waals surface area contributed by atoms with E-state index in [0.29, 0.717) is 24.8 Å². The van der Waals surface area contributed by atoms with Crippen molar-refractivity contribution in [2.75, 3.05) is 38.2 Å². The van der Waals surface area contributed by atoms with E-state index in [9.17, 15) is 4.79 Å². The van der Waals surface area contributed by atoms with Crippen molar-refractivity contribution in [2.24, 2.45) is 0 Å². The van der Waals surface area contributed by atoms with Gasteiger partial charge in [-0.05, 0) is 13.0 Å². The van der Waals surface area contributed by atoms with Crippen LogP contribution >= 0.6 is 0 Å². The lowest BCUT2D eigenvalue weighted by Crippen LogP contribution is -2.50. The highest BCUT2D eigenvalue weighted by Crippen LogP contribution is 2.18. The van der Waals surface area contributed by atoms with Crippen LogP contribution in [0.3, 0.4) is 0 Å². The van der Waals surface area contributed by atoms with Crippen LogP contribution in [0.5, 0.6) is 5.88 Å². The van der Waals surface area contributed by atoms with Crippen molar-refractivity contribution in [3.63, 3.8) is 0 Å². The van der Waals surface area contributed by atoms with Gasteiger partial charge in [0.15, 0.2) is 0 Å². The third-order valence-corrected chi connectivity index (χ3v) is 3.82. The van der Waals surface area contributed by atoms with Crippen molar-refractivity contribution >= 4 is 11.7 Å². The zero-order valence-electron chi connectivity index (χ0n) is 13.3. The minimum absolute atomic E-state index is 0.0878. The van der Waals surface area contributed by atoms with E-state index < -0.39 is 0 Å². The van der Waals surface area contributed by atoms with E-state index in [2.05, 4.69) is 20.0 Å². The van der Waals surface area contributed by atoms with Crippen LogP contribution in [0.4, 0.5) is 5.82 Å². The van der Waals surface area contributed by atoms with Gasteiger partial charge in [0.1, 0.15) is 18.2 Å². The van der Waals surface area contributed by atoms with E-state index in [-0.39, 0.29) is 12.5 Å². The predicted octanol–water partition coefficient (Wildman–Crippen LogP) is 0.339. The molecule has 0 atom stereocenters. The molecule has 0 aliphatic carbocycles. The lowest BCUT2D eigenvalue weighted by Gasteiger charge is -2.35. The van der Waals surface area contributed by atoms with E-state index in [1.54, 1.807) is 24.2 Å². The molecule has 0 radical (unpaired) electrons. The monoisotopic (exact) mass is 316 g/mol. The van der Waals surface area contributed by atoms with E-state index in [4.69, 9.17) is 4.74 Å². The number of amides is 1. The Morgan fingerprint density at radius 3 is 2.70 bits per heavy atom. The average Bonchev–Trinajstić information content (AvgIpc) is 3.07. The quantitative estimate of drug-likeness (QED) is 0.809. The number of methoxy groups -OCH3 is 1. The number of carbonyl (C=O) groups excluding carboxylic acids is 1. The number of rotatable bonds is 4. The molecule has 1 fully saturated rings. The molecule has 1 aliphatic rings. The minimum Gasteiger partial charge on any atom is -0.481 e. The first-order valence-corrected chi connectivity index (χ1v) is 7.55. The second-order valence-corrected chi connectivity index (χ2v) is 5.39. The van der Waals surface area contributed by atoms with Crippen LogP contribution in [0, 0.1) is 6.92 Å². The molecule has 0 spiro atoms. The van der Waals surface area contributed by atoms with Crippen LogP contribution < -0.4 is 9.64 Å². The first-order chi connectivity index (χ1) is 11.2. The Morgan fingerprint density at radius 1 is 1.26 bits per heavy atom. The smallest absolute Gasteiger partial charge is 0.244 e. The van der Waals surface area contributed by atoms with Gasteiger partial charge in [-0.2, -0.15) is 10.1 Å². The third-order valence-electron chi connectivity index (χ3n) is 3.82. The van der Waals surface area contributed by atoms with Crippen molar-refractivity contribution in [3.8, 4) is 5.88 Å². The molecule has 8 nitrogen and oxygen atoms in total. The van der Waals surface area contributed by atoms with E-state index in [0.717, 1.165) is 18.9 Å². The third kappa shape index (κ3) is 3.58. The molecule has 2 aromatic heterocycles. The van der Waals surface area contributed by atoms with Crippen molar-refractivity contribution in [1.82, 2.24) is 24.6 Å². The Kier molecular flexibility index (Phi) is 4.40. The summed E-state index contributed by atoms with van der Waals surface area (Å²) < 4.78 is 6.84. The topological polar surface area (TPSA) is 76.4 Å². The van der Waals surface area contributed by atoms with Crippen molar-refractivity contribution < 1.29 is 9.53 Å². The van der Waals surface area contributed by atoms with Crippen molar-refractivity contribution in [3.05, 3.63) is 30.4 Å². The second-order valence-electron chi connectivity index (χ2n) is 5.39. The Hall–Kier alpha value is -2.64. The number of hydrogen-bond acceptors (Lipinski definition) is 6. The number of hydrogen-bond donors (Lipinski definition) is 0. The molecule has 0 unspecified atom stereocenters. The van der Waals surface area contributed by atoms with Crippen LogP contribution in [0.1, 0.15) is 5.82 Å². The maximum atomic E-state index is 12.3. The Bertz CT molecular complexity index is 665. The second kappa shape index (κ2) is 6.64. The van der Waals surface area contributed by atoms with Gasteiger partial charge in [0.25, 0.3) is 0 Å². The van der Waals surface area contributed by atoms with Crippen molar-refractivity contribution in [2.45, 2.75) is 13.5 Å². The molecule has 3 heterocycles. The van der Waals surface area contributed by atoms with Crippen molar-refractivity contribution in [1.29, 1.82) is 0 Å². The zero-order valence-corrected chi connectivity index (χ0v) is 13.3. The Balaban J connectivity index is 1.60. The molecule has 0 bridgehead atoms. The lowest BCUT2D eigenvalue weighted by atomic mass is 10.3. The van der Waals surface area contributed by atoms with E-state index in [1.807, 2.05) is 24.0 Å². The van der Waals surface area contributed by atoms with Gasteiger partial charge in [-0.1, -0.05) is 0 Å². The van der Waals surface area contributed by atoms with Gasteiger partial charge in [0.05, 0.1) is 7.11 Å². The SMILES string of the molecule is COc1cc(N2CCN(C(=O)Cn3cccn3)CC2)nc(C)n1. The average molecular weight is 316 g/mol. The van der Waals surface area contributed by atoms with Gasteiger partial charge in [0.2, 0.25) is 11.8 Å². The fraction of sp³-hybridized carbons (Fsp3) is 0.467. The van der Waals surface area contributed by atoms with Crippen LogP contribution in [-0.4, -0.2) is 63.8 Å². The number of nitrogens with zero attached hydrogens (tertiary/aromatic N) is 6. The number of aromatic nitrogens is 4. The molecular weight excluding hydrogens is 296 g/mol. The fourth-order valence-electron chi connectivity index (χ4n) is 2.61. The molecule has 1 aliphatic heterocycles. The van der Waals surface area contributed by atoms with Crippen LogP contribution in [0.15, 0.2) is 24.5 Å². The normalized spacial score (nSPS) is 14.9. The number of piperazine rings is 1. The number of carbonyl (C=O) groups is 1. The summed E-state index contributed by atoms with van der Waals surface area (Å²) in [6.45, 7) is 4.95. The fourth-order valence-corrected chi connectivity index (χ4v) is 2.61. The highest BCUT2D eigenvalue weighted by Gasteiger charge is 2.22. The molecule has 3 rings (SSSR count). The number of aryl methyl sites for hydroxylation is 1. The molecule has 2 aromatic rings. The molecule has 1 amide bonds. The maximum absolute atomic E-state index is 12.3. The Labute approximate surface area is 134 Å². The van der Waals surface area contributed by atoms with Gasteiger partial charge in [-0.15, -0.1) is 0 Å². The number of anilines is 1. The molecule has 0 N–H and O–H groups in total. The summed E-state index contributed by atoms with van der Waals surface area (Å²) in [4.78, 5) is 24.9.